The van der Waals surface area contributed by atoms with Gasteiger partial charge in [-0.3, -0.25) is 4.79 Å². The molecule has 164 valence electrons. The summed E-state index contributed by atoms with van der Waals surface area (Å²) >= 11 is 1.40. The molecule has 30 heavy (non-hydrogen) atoms. The summed E-state index contributed by atoms with van der Waals surface area (Å²) in [5.74, 6) is -0.506. The second kappa shape index (κ2) is 10.4. The molecule has 3 heterocycles. The first kappa shape index (κ1) is 24.4. The van der Waals surface area contributed by atoms with Crippen molar-refractivity contribution in [3.05, 3.63) is 40.8 Å². The van der Waals surface area contributed by atoms with Crippen LogP contribution in [0.3, 0.4) is 0 Å². The molecule has 0 unspecified atom stereocenters. The van der Waals surface area contributed by atoms with E-state index in [0.29, 0.717) is 22.1 Å². The minimum absolute atomic E-state index is 0. The summed E-state index contributed by atoms with van der Waals surface area (Å²) in [6.45, 7) is 2.97. The molecule has 0 radical (unpaired) electrons. The number of ketones is 1. The van der Waals surface area contributed by atoms with Crippen molar-refractivity contribution in [2.75, 3.05) is 26.0 Å². The molecule has 1 aliphatic heterocycles. The van der Waals surface area contributed by atoms with E-state index in [1.54, 1.807) is 6.92 Å². The van der Waals surface area contributed by atoms with Crippen LogP contribution in [0, 0.1) is 6.92 Å². The minimum Gasteiger partial charge on any atom is -0.469 e. The summed E-state index contributed by atoms with van der Waals surface area (Å²) in [6.07, 6.45) is -1.02. The van der Waals surface area contributed by atoms with Crippen LogP contribution < -0.4 is 10.1 Å². The lowest BCUT2D eigenvalue weighted by molar-refractivity contribution is -0.141. The van der Waals surface area contributed by atoms with Crippen molar-refractivity contribution in [1.29, 1.82) is 0 Å². The molecule has 0 saturated carbocycles. The molecule has 6 nitrogen and oxygen atoms in total. The number of ether oxygens (including phenoxy) is 1. The number of alkyl halides is 3. The predicted molar refractivity (Wildman–Crippen MR) is 110 cm³/mol. The molecule has 0 amide bonds. The molecule has 1 aliphatic rings. The van der Waals surface area contributed by atoms with Crippen LogP contribution in [-0.2, 0) is 6.18 Å². The smallest absolute Gasteiger partial charge is 0.433 e. The minimum atomic E-state index is -4.58. The largest absolute Gasteiger partial charge is 0.469 e. The molecule has 11 heteroatoms. The van der Waals surface area contributed by atoms with Crippen LogP contribution in [0.25, 0.3) is 0 Å². The number of nitrogens with zero attached hydrogens (tertiary/aromatic N) is 3. The van der Waals surface area contributed by atoms with E-state index in [1.165, 1.54) is 23.9 Å². The fourth-order valence-corrected chi connectivity index (χ4v) is 3.68. The number of carbonyl (C=O) groups excluding carboxylic acids is 1. The number of thioether (sulfide) groups is 1. The number of piperidine rings is 1. The van der Waals surface area contributed by atoms with Crippen molar-refractivity contribution in [2.45, 2.75) is 37.0 Å². The summed E-state index contributed by atoms with van der Waals surface area (Å²) < 4.78 is 43.7. The maximum Gasteiger partial charge on any atom is 0.433 e. The fourth-order valence-electron chi connectivity index (χ4n) is 3.26. The van der Waals surface area contributed by atoms with Crippen LogP contribution in [-0.4, -0.2) is 46.7 Å². The highest BCUT2D eigenvalue weighted by molar-refractivity contribution is 7.98. The van der Waals surface area contributed by atoms with Gasteiger partial charge in [-0.25, -0.2) is 15.0 Å². The molecular formula is C19H22ClF3N4O2S. The zero-order chi connectivity index (χ0) is 21.0. The first-order valence-corrected chi connectivity index (χ1v) is 10.4. The summed E-state index contributed by atoms with van der Waals surface area (Å²) in [5, 5.41) is 3.87. The van der Waals surface area contributed by atoms with Gasteiger partial charge in [0.1, 0.15) is 5.69 Å². The SMILES string of the molecule is CSc1nc(C)c(C(=O)COc2cccc(C(F)(F)F)n2)c(C2CCNCC2)n1.Cl. The Morgan fingerprint density at radius 3 is 2.57 bits per heavy atom. The topological polar surface area (TPSA) is 77.0 Å². The van der Waals surface area contributed by atoms with Crippen LogP contribution in [0.2, 0.25) is 0 Å². The molecule has 0 spiro atoms. The molecular weight excluding hydrogens is 441 g/mol. The van der Waals surface area contributed by atoms with Gasteiger partial charge in [0.2, 0.25) is 11.7 Å². The van der Waals surface area contributed by atoms with Crippen LogP contribution in [0.15, 0.2) is 23.4 Å². The summed E-state index contributed by atoms with van der Waals surface area (Å²) in [4.78, 5) is 25.3. The number of aryl methyl sites for hydroxylation is 1. The van der Waals surface area contributed by atoms with Gasteiger partial charge in [0, 0.05) is 12.0 Å². The number of nitrogens with one attached hydrogen (secondary N) is 1. The number of hydrogen-bond donors (Lipinski definition) is 1. The van der Waals surface area contributed by atoms with E-state index in [9.17, 15) is 18.0 Å². The van der Waals surface area contributed by atoms with E-state index >= 15 is 0 Å². The van der Waals surface area contributed by atoms with E-state index < -0.39 is 18.5 Å². The van der Waals surface area contributed by atoms with Gasteiger partial charge in [0.15, 0.2) is 11.8 Å². The highest BCUT2D eigenvalue weighted by Crippen LogP contribution is 2.30. The second-order valence-corrected chi connectivity index (χ2v) is 7.42. The van der Waals surface area contributed by atoms with Gasteiger partial charge in [0.25, 0.3) is 0 Å². The number of halogens is 4. The fraction of sp³-hybridized carbons (Fsp3) is 0.474. The van der Waals surface area contributed by atoms with Gasteiger partial charge < -0.3 is 10.1 Å². The third-order valence-electron chi connectivity index (χ3n) is 4.65. The van der Waals surface area contributed by atoms with Crippen LogP contribution >= 0.6 is 24.2 Å². The number of pyridine rings is 1. The Balaban J connectivity index is 0.00000320. The van der Waals surface area contributed by atoms with Crippen LogP contribution in [0.1, 0.15) is 46.2 Å². The lowest BCUT2D eigenvalue weighted by Gasteiger charge is -2.24. The normalized spacial score (nSPS) is 14.8. The third-order valence-corrected chi connectivity index (χ3v) is 5.20. The average molecular weight is 463 g/mol. The maximum absolute atomic E-state index is 12.9. The Labute approximate surface area is 182 Å². The summed E-state index contributed by atoms with van der Waals surface area (Å²) in [5.41, 5.74) is 0.556. The number of Topliss-reactive ketones (excluding diaryl/α,β-unsaturated/α-hetero) is 1. The average Bonchev–Trinajstić information content (AvgIpc) is 2.71. The molecule has 2 aromatic heterocycles. The van der Waals surface area contributed by atoms with E-state index in [-0.39, 0.29) is 30.0 Å². The Kier molecular flexibility index (Phi) is 8.45. The first-order chi connectivity index (χ1) is 13.8. The lowest BCUT2D eigenvalue weighted by atomic mass is 9.89. The molecule has 3 rings (SSSR count). The van der Waals surface area contributed by atoms with Crippen molar-refractivity contribution < 1.29 is 22.7 Å². The molecule has 1 N–H and O–H groups in total. The van der Waals surface area contributed by atoms with E-state index in [2.05, 4.69) is 20.3 Å². The van der Waals surface area contributed by atoms with E-state index in [0.717, 1.165) is 32.0 Å². The highest BCUT2D eigenvalue weighted by Gasteiger charge is 2.33. The van der Waals surface area contributed by atoms with E-state index in [1.807, 2.05) is 6.26 Å². The van der Waals surface area contributed by atoms with Gasteiger partial charge >= 0.3 is 6.18 Å². The van der Waals surface area contributed by atoms with Crippen LogP contribution in [0.4, 0.5) is 13.2 Å². The number of hydrogen-bond acceptors (Lipinski definition) is 7. The molecule has 0 aromatic carbocycles. The monoisotopic (exact) mass is 462 g/mol. The van der Waals surface area contributed by atoms with Gasteiger partial charge in [-0.05, 0) is 45.2 Å². The zero-order valence-corrected chi connectivity index (χ0v) is 18.1. The maximum atomic E-state index is 12.9. The van der Waals surface area contributed by atoms with Crippen molar-refractivity contribution in [3.63, 3.8) is 0 Å². The van der Waals surface area contributed by atoms with Crippen molar-refractivity contribution in [2.24, 2.45) is 0 Å². The zero-order valence-electron chi connectivity index (χ0n) is 16.5. The summed E-state index contributed by atoms with van der Waals surface area (Å²) in [7, 11) is 0. The van der Waals surface area contributed by atoms with Gasteiger partial charge in [-0.2, -0.15) is 13.2 Å². The molecule has 0 atom stereocenters. The standard InChI is InChI=1S/C19H21F3N4O2S.ClH/c1-11-16(17(26-18(24-11)29-2)12-6-8-23-9-7-12)13(27)10-28-15-5-3-4-14(25-15)19(20,21)22;/h3-5,12,23H,6-10H2,1-2H3;1H. The lowest BCUT2D eigenvalue weighted by Crippen LogP contribution is -2.29. The molecule has 1 saturated heterocycles. The molecule has 1 fully saturated rings. The molecule has 0 bridgehead atoms. The number of carbonyl (C=O) groups is 1. The van der Waals surface area contributed by atoms with Crippen LogP contribution in [0.5, 0.6) is 5.88 Å². The first-order valence-electron chi connectivity index (χ1n) is 9.13. The number of aromatic nitrogens is 3. The third kappa shape index (κ3) is 5.83. The predicted octanol–water partition coefficient (Wildman–Crippen LogP) is 4.07. The van der Waals surface area contributed by atoms with Gasteiger partial charge in [0.05, 0.1) is 17.0 Å². The van der Waals surface area contributed by atoms with Gasteiger partial charge in [-0.1, -0.05) is 17.8 Å². The van der Waals surface area contributed by atoms with Crippen molar-refractivity contribution >= 4 is 30.0 Å². The molecule has 0 aliphatic carbocycles. The Bertz CT molecular complexity index is 893. The molecule has 2 aromatic rings. The second-order valence-electron chi connectivity index (χ2n) is 6.65. The quantitative estimate of drug-likeness (QED) is 0.394. The Morgan fingerprint density at radius 2 is 1.93 bits per heavy atom. The van der Waals surface area contributed by atoms with Crippen molar-refractivity contribution in [3.8, 4) is 5.88 Å². The Hall–Kier alpha value is -1.91. The van der Waals surface area contributed by atoms with E-state index in [4.69, 9.17) is 4.74 Å². The highest BCUT2D eigenvalue weighted by atomic mass is 35.5. The van der Waals surface area contributed by atoms with Crippen molar-refractivity contribution in [1.82, 2.24) is 20.3 Å². The Morgan fingerprint density at radius 1 is 1.23 bits per heavy atom. The summed E-state index contributed by atoms with van der Waals surface area (Å²) in [6, 6.07) is 3.33. The van der Waals surface area contributed by atoms with Gasteiger partial charge in [-0.15, -0.1) is 12.4 Å². The number of rotatable bonds is 6.